The number of likely N-dealkylation sites (tertiary alicyclic amines) is 1. The van der Waals surface area contributed by atoms with Gasteiger partial charge in [-0.3, -0.25) is 0 Å². The van der Waals surface area contributed by atoms with Gasteiger partial charge in [0.1, 0.15) is 12.0 Å². The molecule has 0 radical (unpaired) electrons. The molecule has 1 fully saturated rings. The molecule has 2 heterocycles. The molecule has 16 heavy (non-hydrogen) atoms. The van der Waals surface area contributed by atoms with Crippen LogP contribution in [0.4, 0.5) is 0 Å². The fourth-order valence-corrected chi connectivity index (χ4v) is 2.22. The SMILES string of the molecule is CCN1CCCC(c2nc(C(C)O)co2)C1. The van der Waals surface area contributed by atoms with Gasteiger partial charge in [-0.2, -0.15) is 0 Å². The quantitative estimate of drug-likeness (QED) is 0.852. The first-order valence-electron chi connectivity index (χ1n) is 6.06. The fraction of sp³-hybridized carbons (Fsp3) is 0.750. The Morgan fingerprint density at radius 2 is 2.50 bits per heavy atom. The zero-order chi connectivity index (χ0) is 11.5. The van der Waals surface area contributed by atoms with E-state index in [2.05, 4.69) is 16.8 Å². The second kappa shape index (κ2) is 4.97. The van der Waals surface area contributed by atoms with E-state index in [-0.39, 0.29) is 0 Å². The van der Waals surface area contributed by atoms with Crippen LogP contribution in [0.15, 0.2) is 10.7 Å². The predicted octanol–water partition coefficient (Wildman–Crippen LogP) is 1.93. The van der Waals surface area contributed by atoms with Gasteiger partial charge >= 0.3 is 0 Å². The molecule has 0 aromatic carbocycles. The third kappa shape index (κ3) is 2.44. The maximum atomic E-state index is 9.40. The summed E-state index contributed by atoms with van der Waals surface area (Å²) >= 11 is 0. The van der Waals surface area contributed by atoms with E-state index in [0.717, 1.165) is 25.4 Å². The maximum Gasteiger partial charge on any atom is 0.198 e. The van der Waals surface area contributed by atoms with Crippen LogP contribution in [0, 0.1) is 0 Å². The van der Waals surface area contributed by atoms with Gasteiger partial charge in [0.25, 0.3) is 0 Å². The number of oxazole rings is 1. The molecule has 2 atom stereocenters. The number of aliphatic hydroxyl groups excluding tert-OH is 1. The lowest BCUT2D eigenvalue weighted by Gasteiger charge is -2.29. The lowest BCUT2D eigenvalue weighted by Crippen LogP contribution is -2.34. The molecule has 1 aliphatic rings. The molecular formula is C12H20N2O2. The van der Waals surface area contributed by atoms with Crippen LogP contribution in [0.5, 0.6) is 0 Å². The van der Waals surface area contributed by atoms with Gasteiger partial charge in [0.2, 0.25) is 0 Å². The molecule has 1 saturated heterocycles. The molecule has 0 aliphatic carbocycles. The average molecular weight is 224 g/mol. The lowest BCUT2D eigenvalue weighted by molar-refractivity contribution is 0.193. The van der Waals surface area contributed by atoms with Crippen molar-refractivity contribution in [1.29, 1.82) is 0 Å². The first-order chi connectivity index (χ1) is 7.70. The van der Waals surface area contributed by atoms with Crippen molar-refractivity contribution in [3.63, 3.8) is 0 Å². The summed E-state index contributed by atoms with van der Waals surface area (Å²) in [5.41, 5.74) is 0.642. The van der Waals surface area contributed by atoms with Gasteiger partial charge in [-0.15, -0.1) is 0 Å². The van der Waals surface area contributed by atoms with Crippen LogP contribution in [0.25, 0.3) is 0 Å². The number of hydrogen-bond donors (Lipinski definition) is 1. The van der Waals surface area contributed by atoms with Gasteiger partial charge < -0.3 is 14.4 Å². The van der Waals surface area contributed by atoms with Gasteiger partial charge in [-0.1, -0.05) is 6.92 Å². The normalized spacial score (nSPS) is 24.6. The summed E-state index contributed by atoms with van der Waals surface area (Å²) in [7, 11) is 0. The Balaban J connectivity index is 2.05. The van der Waals surface area contributed by atoms with Crippen LogP contribution in [0.2, 0.25) is 0 Å². The van der Waals surface area contributed by atoms with E-state index in [1.54, 1.807) is 13.2 Å². The summed E-state index contributed by atoms with van der Waals surface area (Å²) < 4.78 is 5.46. The second-order valence-electron chi connectivity index (χ2n) is 4.52. The molecule has 1 aromatic rings. The smallest absolute Gasteiger partial charge is 0.198 e. The van der Waals surface area contributed by atoms with E-state index in [1.165, 1.54) is 13.0 Å². The van der Waals surface area contributed by atoms with Crippen molar-refractivity contribution in [2.75, 3.05) is 19.6 Å². The molecule has 90 valence electrons. The molecule has 2 unspecified atom stereocenters. The largest absolute Gasteiger partial charge is 0.448 e. The van der Waals surface area contributed by atoms with Gasteiger partial charge in [-0.05, 0) is 32.9 Å². The number of rotatable bonds is 3. The van der Waals surface area contributed by atoms with Crippen molar-refractivity contribution in [3.8, 4) is 0 Å². The second-order valence-corrected chi connectivity index (χ2v) is 4.52. The molecule has 1 N–H and O–H groups in total. The summed E-state index contributed by atoms with van der Waals surface area (Å²) in [6, 6.07) is 0. The molecule has 0 saturated carbocycles. The molecular weight excluding hydrogens is 204 g/mol. The number of hydrogen-bond acceptors (Lipinski definition) is 4. The molecule has 4 nitrogen and oxygen atoms in total. The minimum atomic E-state index is -0.539. The number of likely N-dealkylation sites (N-methyl/N-ethyl adjacent to an activating group) is 1. The summed E-state index contributed by atoms with van der Waals surface area (Å²) in [5.74, 6) is 1.18. The number of aromatic nitrogens is 1. The Morgan fingerprint density at radius 3 is 3.12 bits per heavy atom. The Labute approximate surface area is 96.3 Å². The summed E-state index contributed by atoms with van der Waals surface area (Å²) in [6.45, 7) is 7.17. The van der Waals surface area contributed by atoms with Crippen LogP contribution in [0.1, 0.15) is 50.3 Å². The van der Waals surface area contributed by atoms with Crippen LogP contribution in [-0.2, 0) is 0 Å². The van der Waals surface area contributed by atoms with E-state index in [4.69, 9.17) is 4.42 Å². The van der Waals surface area contributed by atoms with E-state index in [1.807, 2.05) is 0 Å². The van der Waals surface area contributed by atoms with Crippen LogP contribution >= 0.6 is 0 Å². The summed E-state index contributed by atoms with van der Waals surface area (Å²) in [4.78, 5) is 6.78. The molecule has 1 aliphatic heterocycles. The third-order valence-electron chi connectivity index (χ3n) is 3.27. The Hall–Kier alpha value is -0.870. The van der Waals surface area contributed by atoms with Crippen LogP contribution < -0.4 is 0 Å². The first kappa shape index (κ1) is 11.6. The van der Waals surface area contributed by atoms with E-state index < -0.39 is 6.10 Å². The van der Waals surface area contributed by atoms with Crippen molar-refractivity contribution in [2.45, 2.75) is 38.7 Å². The molecule has 0 amide bonds. The monoisotopic (exact) mass is 224 g/mol. The maximum absolute atomic E-state index is 9.40. The van der Waals surface area contributed by atoms with Gasteiger partial charge in [0, 0.05) is 12.5 Å². The van der Waals surface area contributed by atoms with E-state index in [0.29, 0.717) is 11.6 Å². The highest BCUT2D eigenvalue weighted by Gasteiger charge is 2.24. The predicted molar refractivity (Wildman–Crippen MR) is 61.2 cm³/mol. The molecule has 1 aromatic heterocycles. The minimum Gasteiger partial charge on any atom is -0.448 e. The zero-order valence-electron chi connectivity index (χ0n) is 10.0. The molecule has 2 rings (SSSR count). The minimum absolute atomic E-state index is 0.390. The summed E-state index contributed by atoms with van der Waals surface area (Å²) in [6.07, 6.45) is 3.37. The first-order valence-corrected chi connectivity index (χ1v) is 6.06. The third-order valence-corrected chi connectivity index (χ3v) is 3.27. The molecule has 0 spiro atoms. The van der Waals surface area contributed by atoms with Crippen molar-refractivity contribution in [3.05, 3.63) is 17.8 Å². The Bertz CT molecular complexity index is 336. The van der Waals surface area contributed by atoms with Gasteiger partial charge in [0.15, 0.2) is 5.89 Å². The van der Waals surface area contributed by atoms with Crippen LogP contribution in [0.3, 0.4) is 0 Å². The number of aliphatic hydroxyl groups is 1. The van der Waals surface area contributed by atoms with E-state index >= 15 is 0 Å². The highest BCUT2D eigenvalue weighted by Crippen LogP contribution is 2.27. The highest BCUT2D eigenvalue weighted by molar-refractivity contribution is 5.04. The van der Waals surface area contributed by atoms with Gasteiger partial charge in [0.05, 0.1) is 6.10 Å². The highest BCUT2D eigenvalue weighted by atomic mass is 16.3. The fourth-order valence-electron chi connectivity index (χ4n) is 2.22. The lowest BCUT2D eigenvalue weighted by atomic mass is 9.98. The van der Waals surface area contributed by atoms with Crippen molar-refractivity contribution in [2.24, 2.45) is 0 Å². The van der Waals surface area contributed by atoms with Gasteiger partial charge in [-0.25, -0.2) is 4.98 Å². The number of piperidine rings is 1. The van der Waals surface area contributed by atoms with Crippen molar-refractivity contribution < 1.29 is 9.52 Å². The molecule has 4 heteroatoms. The standard InChI is InChI=1S/C12H20N2O2/c1-3-14-6-4-5-10(7-14)12-13-11(8-16-12)9(2)15/h8-10,15H,3-7H2,1-2H3. The Kier molecular flexibility index (Phi) is 3.61. The van der Waals surface area contributed by atoms with Crippen molar-refractivity contribution in [1.82, 2.24) is 9.88 Å². The topological polar surface area (TPSA) is 49.5 Å². The van der Waals surface area contributed by atoms with E-state index in [9.17, 15) is 5.11 Å². The van der Waals surface area contributed by atoms with Crippen molar-refractivity contribution >= 4 is 0 Å². The molecule has 0 bridgehead atoms. The average Bonchev–Trinajstić information content (AvgIpc) is 2.78. The zero-order valence-corrected chi connectivity index (χ0v) is 10.0. The number of nitrogens with zero attached hydrogens (tertiary/aromatic N) is 2. The Morgan fingerprint density at radius 1 is 1.69 bits per heavy atom. The van der Waals surface area contributed by atoms with Crippen LogP contribution in [-0.4, -0.2) is 34.6 Å². The summed E-state index contributed by atoms with van der Waals surface area (Å²) in [5, 5.41) is 9.40.